The normalized spacial score (nSPS) is 15.2. The molecule has 1 aromatic heterocycles. The molecule has 0 bridgehead atoms. The summed E-state index contributed by atoms with van der Waals surface area (Å²) in [7, 11) is 0. The van der Waals surface area contributed by atoms with Gasteiger partial charge < -0.3 is 10.2 Å². The van der Waals surface area contributed by atoms with Crippen LogP contribution in [-0.4, -0.2) is 44.7 Å². The average Bonchev–Trinajstić information content (AvgIpc) is 2.83. The lowest BCUT2D eigenvalue weighted by Crippen LogP contribution is -2.46. The predicted molar refractivity (Wildman–Crippen MR) is 135 cm³/mol. The van der Waals surface area contributed by atoms with Gasteiger partial charge in [-0.1, -0.05) is 72.5 Å². The van der Waals surface area contributed by atoms with Gasteiger partial charge in [-0.25, -0.2) is 9.97 Å². The largest absolute Gasteiger partial charge is 0.481 e. The van der Waals surface area contributed by atoms with Crippen molar-refractivity contribution < 1.29 is 19.8 Å². The van der Waals surface area contributed by atoms with Gasteiger partial charge in [0, 0.05) is 30.5 Å². The Morgan fingerprint density at radius 1 is 0.886 bits per heavy atom. The third kappa shape index (κ3) is 5.74. The second-order valence-electron chi connectivity index (χ2n) is 9.19. The van der Waals surface area contributed by atoms with Gasteiger partial charge in [-0.2, -0.15) is 0 Å². The third-order valence-electron chi connectivity index (χ3n) is 6.31. The van der Waals surface area contributed by atoms with Crippen LogP contribution < -0.4 is 4.90 Å². The van der Waals surface area contributed by atoms with E-state index in [1.807, 2.05) is 62.4 Å². The minimum atomic E-state index is -1.15. The molecule has 0 spiro atoms. The maximum absolute atomic E-state index is 12.9. The van der Waals surface area contributed by atoms with Crippen molar-refractivity contribution in [2.45, 2.75) is 58.5 Å². The number of hydrogen-bond acceptors (Lipinski definition) is 5. The van der Waals surface area contributed by atoms with Crippen molar-refractivity contribution in [2.24, 2.45) is 0 Å². The predicted octanol–water partition coefficient (Wildman–Crippen LogP) is 4.71. The van der Waals surface area contributed by atoms with Gasteiger partial charge in [0.15, 0.2) is 5.82 Å². The zero-order valence-electron chi connectivity index (χ0n) is 20.2. The highest BCUT2D eigenvalue weighted by Crippen LogP contribution is 2.35. The molecule has 1 aliphatic rings. The van der Waals surface area contributed by atoms with Crippen molar-refractivity contribution in [1.29, 1.82) is 0 Å². The molecule has 7 nitrogen and oxygen atoms in total. The quantitative estimate of drug-likeness (QED) is 0.436. The molecule has 0 saturated heterocycles. The molecule has 0 radical (unpaired) electrons. The first-order valence-corrected chi connectivity index (χ1v) is 12.1. The molecule has 1 unspecified atom stereocenters. The number of carboxylic acids is 1. The van der Waals surface area contributed by atoms with Gasteiger partial charge in [-0.05, 0) is 26.7 Å². The van der Waals surface area contributed by atoms with Crippen molar-refractivity contribution in [1.82, 2.24) is 9.97 Å². The fourth-order valence-electron chi connectivity index (χ4n) is 4.31. The lowest BCUT2D eigenvalue weighted by Gasteiger charge is -2.31. The number of unbranched alkanes of at least 4 members (excludes halogenated alkanes) is 3. The van der Waals surface area contributed by atoms with E-state index >= 15 is 0 Å². The molecule has 2 N–H and O–H groups in total. The van der Waals surface area contributed by atoms with E-state index in [4.69, 9.17) is 15.1 Å². The summed E-state index contributed by atoms with van der Waals surface area (Å²) in [4.78, 5) is 35.1. The molecule has 1 aliphatic heterocycles. The van der Waals surface area contributed by atoms with E-state index in [0.717, 1.165) is 40.8 Å². The molecule has 0 aliphatic carbocycles. The number of carbonyl (C=O) groups is 2. The number of aryl methyl sites for hydroxylation is 2. The smallest absolute Gasteiger partial charge is 0.303 e. The van der Waals surface area contributed by atoms with Crippen molar-refractivity contribution >= 4 is 17.7 Å². The fourth-order valence-corrected chi connectivity index (χ4v) is 4.31. The monoisotopic (exact) mass is 473 g/mol. The van der Waals surface area contributed by atoms with Crippen LogP contribution >= 0.6 is 0 Å². The molecule has 1 atom stereocenters. The lowest BCUT2D eigenvalue weighted by atomic mass is 10.00. The number of fused-ring (bicyclic) bond motifs is 1. The topological polar surface area (TPSA) is 104 Å². The number of aliphatic carboxylic acids is 1. The summed E-state index contributed by atoms with van der Waals surface area (Å²) in [5, 5.41) is 19.3. The minimum absolute atomic E-state index is 0.128. The number of nitrogens with zero attached hydrogens (tertiary/aromatic N) is 3. The number of hydrogen-bond donors (Lipinski definition) is 2. The van der Waals surface area contributed by atoms with Gasteiger partial charge in [-0.15, -0.1) is 0 Å². The summed E-state index contributed by atoms with van der Waals surface area (Å²) < 4.78 is 0. The number of amides is 1. The number of benzene rings is 2. The molecular weight excluding hydrogens is 442 g/mol. The molecular formula is C28H31N3O4. The van der Waals surface area contributed by atoms with Crippen molar-refractivity contribution in [3.8, 4) is 22.5 Å². The first-order valence-electron chi connectivity index (χ1n) is 12.1. The highest BCUT2D eigenvalue weighted by atomic mass is 16.4. The highest BCUT2D eigenvalue weighted by Gasteiger charge is 2.34. The maximum atomic E-state index is 12.9. The summed E-state index contributed by atoms with van der Waals surface area (Å²) in [5.41, 5.74) is 6.15. The Kier molecular flexibility index (Phi) is 7.56. The third-order valence-corrected chi connectivity index (χ3v) is 6.31. The minimum Gasteiger partial charge on any atom is -0.481 e. The molecule has 4 rings (SSSR count). The van der Waals surface area contributed by atoms with Gasteiger partial charge in [-0.3, -0.25) is 14.5 Å². The molecule has 2 heterocycles. The van der Waals surface area contributed by atoms with Crippen LogP contribution in [0.5, 0.6) is 0 Å². The van der Waals surface area contributed by atoms with Gasteiger partial charge in [0.25, 0.3) is 5.91 Å². The van der Waals surface area contributed by atoms with Crippen LogP contribution in [0.15, 0.2) is 48.5 Å². The zero-order chi connectivity index (χ0) is 24.9. The number of anilines is 1. The molecule has 7 heteroatoms. The molecule has 2 aromatic carbocycles. The first kappa shape index (κ1) is 24.5. The molecule has 0 fully saturated rings. The van der Waals surface area contributed by atoms with Crippen LogP contribution in [0.2, 0.25) is 0 Å². The van der Waals surface area contributed by atoms with Crippen LogP contribution in [-0.2, 0) is 16.0 Å². The maximum Gasteiger partial charge on any atom is 0.303 e. The van der Waals surface area contributed by atoms with E-state index in [2.05, 4.69) is 0 Å². The molecule has 35 heavy (non-hydrogen) atoms. The van der Waals surface area contributed by atoms with Gasteiger partial charge in [0.05, 0.1) is 17.1 Å². The Hall–Kier alpha value is -3.58. The van der Waals surface area contributed by atoms with E-state index in [1.165, 1.54) is 0 Å². The summed E-state index contributed by atoms with van der Waals surface area (Å²) in [6.45, 7) is 4.47. The van der Waals surface area contributed by atoms with Gasteiger partial charge >= 0.3 is 5.97 Å². The van der Waals surface area contributed by atoms with Gasteiger partial charge in [0.1, 0.15) is 6.10 Å². The molecule has 0 saturated carbocycles. The lowest BCUT2D eigenvalue weighted by molar-refractivity contribution is -0.137. The number of aliphatic hydroxyl groups is 1. The molecule has 182 valence electrons. The number of rotatable bonds is 9. The average molecular weight is 474 g/mol. The number of carbonyl (C=O) groups excluding carboxylic acids is 1. The molecule has 1 amide bonds. The first-order chi connectivity index (χ1) is 16.8. The second-order valence-corrected chi connectivity index (χ2v) is 9.19. The summed E-state index contributed by atoms with van der Waals surface area (Å²) in [5.74, 6) is -0.663. The zero-order valence-corrected chi connectivity index (χ0v) is 20.2. The van der Waals surface area contributed by atoms with Gasteiger partial charge in [0.2, 0.25) is 0 Å². The van der Waals surface area contributed by atoms with Crippen LogP contribution in [0.1, 0.15) is 48.9 Å². The van der Waals surface area contributed by atoms with E-state index < -0.39 is 12.1 Å². The van der Waals surface area contributed by atoms with Crippen molar-refractivity contribution in [3.63, 3.8) is 0 Å². The summed E-state index contributed by atoms with van der Waals surface area (Å²) in [6, 6.07) is 16.2. The number of aliphatic hydroxyl groups excluding tert-OH is 1. The summed E-state index contributed by atoms with van der Waals surface area (Å²) >= 11 is 0. The Balaban J connectivity index is 1.70. The fraction of sp³-hybridized carbons (Fsp3) is 0.357. The van der Waals surface area contributed by atoms with E-state index in [9.17, 15) is 14.7 Å². The van der Waals surface area contributed by atoms with E-state index in [-0.39, 0.29) is 18.7 Å². The van der Waals surface area contributed by atoms with E-state index in [0.29, 0.717) is 36.6 Å². The SMILES string of the molecule is Cc1ccc(-c2nc3c(nc2-c2ccc(C)cc2)N(CCCCCCC(=O)O)C(=O)C(O)C3)cc1. The highest BCUT2D eigenvalue weighted by molar-refractivity contribution is 5.99. The van der Waals surface area contributed by atoms with Crippen molar-refractivity contribution in [2.75, 3.05) is 11.4 Å². The Labute approximate surface area is 205 Å². The van der Waals surface area contributed by atoms with Crippen LogP contribution in [0.4, 0.5) is 5.82 Å². The Morgan fingerprint density at radius 3 is 2.00 bits per heavy atom. The standard InChI is InChI=1S/C28H31N3O4/c1-18-8-12-20(13-9-18)25-26(21-14-10-19(2)11-15-21)30-27-22(29-25)17-23(32)28(35)31(27)16-6-4-3-5-7-24(33)34/h8-15,23,32H,3-7,16-17H2,1-2H3,(H,33,34). The van der Waals surface area contributed by atoms with Crippen LogP contribution in [0, 0.1) is 13.8 Å². The second kappa shape index (κ2) is 10.8. The number of carboxylic acid groups (broad SMARTS) is 1. The number of aromatic nitrogens is 2. The van der Waals surface area contributed by atoms with Crippen LogP contribution in [0.25, 0.3) is 22.5 Å². The Morgan fingerprint density at radius 2 is 1.43 bits per heavy atom. The van der Waals surface area contributed by atoms with Crippen LogP contribution in [0.3, 0.4) is 0 Å². The Bertz CT molecular complexity index is 1210. The van der Waals surface area contributed by atoms with E-state index in [1.54, 1.807) is 4.90 Å². The summed E-state index contributed by atoms with van der Waals surface area (Å²) in [6.07, 6.45) is 2.00. The van der Waals surface area contributed by atoms with Crippen molar-refractivity contribution in [3.05, 3.63) is 65.4 Å². The molecule has 3 aromatic rings.